The van der Waals surface area contributed by atoms with Crippen LogP contribution >= 0.6 is 12.4 Å². The topological polar surface area (TPSA) is 38.5 Å². The second kappa shape index (κ2) is 7.68. The molecule has 108 valence electrons. The molecule has 0 aromatic heterocycles. The van der Waals surface area contributed by atoms with Crippen molar-refractivity contribution in [1.82, 2.24) is 4.90 Å². The fourth-order valence-corrected chi connectivity index (χ4v) is 2.33. The van der Waals surface area contributed by atoms with E-state index >= 15 is 0 Å². The van der Waals surface area contributed by atoms with Gasteiger partial charge in [0.05, 0.1) is 6.61 Å². The number of benzene rings is 1. The van der Waals surface area contributed by atoms with Crippen LogP contribution in [0.25, 0.3) is 0 Å². The predicted octanol–water partition coefficient (Wildman–Crippen LogP) is 2.22. The molecule has 2 N–H and O–H groups in total. The van der Waals surface area contributed by atoms with E-state index in [1.807, 2.05) is 13.0 Å². The summed E-state index contributed by atoms with van der Waals surface area (Å²) >= 11 is 0. The van der Waals surface area contributed by atoms with E-state index in [0.29, 0.717) is 18.4 Å². The second-order valence-electron chi connectivity index (χ2n) is 4.80. The molecular weight excluding hydrogens is 267 g/mol. The molecule has 1 aliphatic rings. The minimum Gasteiger partial charge on any atom is -0.491 e. The lowest BCUT2D eigenvalue weighted by Crippen LogP contribution is -2.28. The number of halogens is 2. The first kappa shape index (κ1) is 16.2. The monoisotopic (exact) mass is 288 g/mol. The van der Waals surface area contributed by atoms with E-state index in [2.05, 4.69) is 4.90 Å². The van der Waals surface area contributed by atoms with Gasteiger partial charge in [-0.25, -0.2) is 4.39 Å². The highest BCUT2D eigenvalue weighted by Gasteiger charge is 2.18. The van der Waals surface area contributed by atoms with Crippen LogP contribution in [0.15, 0.2) is 18.2 Å². The third-order valence-electron chi connectivity index (χ3n) is 3.32. The van der Waals surface area contributed by atoms with E-state index in [4.69, 9.17) is 10.5 Å². The molecule has 1 heterocycles. The second-order valence-corrected chi connectivity index (χ2v) is 4.80. The Hall–Kier alpha value is -0.840. The highest BCUT2D eigenvalue weighted by atomic mass is 35.5. The number of hydrogen-bond acceptors (Lipinski definition) is 3. The van der Waals surface area contributed by atoms with Gasteiger partial charge < -0.3 is 15.4 Å². The largest absolute Gasteiger partial charge is 0.491 e. The molecule has 5 heteroatoms. The lowest BCUT2D eigenvalue weighted by Gasteiger charge is -2.15. The molecule has 0 unspecified atom stereocenters. The van der Waals surface area contributed by atoms with Crippen LogP contribution in [-0.4, -0.2) is 37.2 Å². The summed E-state index contributed by atoms with van der Waals surface area (Å²) in [6.07, 6.45) is 1.92. The molecule has 0 radical (unpaired) electrons. The molecule has 2 rings (SSSR count). The summed E-state index contributed by atoms with van der Waals surface area (Å²) in [5.74, 6) is 0.0666. The van der Waals surface area contributed by atoms with Crippen LogP contribution in [0, 0.1) is 5.82 Å². The number of rotatable bonds is 5. The first-order chi connectivity index (χ1) is 8.69. The summed E-state index contributed by atoms with van der Waals surface area (Å²) in [5.41, 5.74) is 6.86. The number of likely N-dealkylation sites (tertiary alicyclic amines) is 1. The summed E-state index contributed by atoms with van der Waals surface area (Å²) in [7, 11) is 0. The van der Waals surface area contributed by atoms with Gasteiger partial charge in [0, 0.05) is 19.1 Å². The van der Waals surface area contributed by atoms with E-state index in [0.717, 1.165) is 38.0 Å². The summed E-state index contributed by atoms with van der Waals surface area (Å²) in [5, 5.41) is 0. The lowest BCUT2D eigenvalue weighted by molar-refractivity contribution is 0.320. The Morgan fingerprint density at radius 2 is 2.26 bits per heavy atom. The smallest absolute Gasteiger partial charge is 0.165 e. The summed E-state index contributed by atoms with van der Waals surface area (Å²) in [4.78, 5) is 2.33. The van der Waals surface area contributed by atoms with Gasteiger partial charge in [-0.3, -0.25) is 0 Å². The van der Waals surface area contributed by atoms with Gasteiger partial charge in [-0.15, -0.1) is 12.4 Å². The molecule has 1 aromatic carbocycles. The predicted molar refractivity (Wildman–Crippen MR) is 77.6 cm³/mol. The van der Waals surface area contributed by atoms with Crippen molar-refractivity contribution < 1.29 is 9.13 Å². The van der Waals surface area contributed by atoms with Crippen molar-refractivity contribution in [2.24, 2.45) is 5.73 Å². The Bertz CT molecular complexity index is 403. The molecule has 0 spiro atoms. The molecule has 1 saturated heterocycles. The van der Waals surface area contributed by atoms with E-state index in [1.165, 1.54) is 0 Å². The molecule has 0 bridgehead atoms. The fourth-order valence-electron chi connectivity index (χ4n) is 2.33. The van der Waals surface area contributed by atoms with Gasteiger partial charge in [0.1, 0.15) is 0 Å². The number of ether oxygens (including phenoxy) is 1. The van der Waals surface area contributed by atoms with Gasteiger partial charge in [-0.1, -0.05) is 6.07 Å². The normalized spacial score (nSPS) is 19.2. The highest BCUT2D eigenvalue weighted by Crippen LogP contribution is 2.19. The third kappa shape index (κ3) is 4.64. The molecule has 19 heavy (non-hydrogen) atoms. The minimum atomic E-state index is -0.271. The third-order valence-corrected chi connectivity index (χ3v) is 3.32. The Balaban J connectivity index is 0.00000180. The average molecular weight is 289 g/mol. The zero-order chi connectivity index (χ0) is 13.0. The first-order valence-corrected chi connectivity index (χ1v) is 6.58. The van der Waals surface area contributed by atoms with E-state index < -0.39 is 0 Å². The van der Waals surface area contributed by atoms with E-state index in [9.17, 15) is 4.39 Å². The quantitative estimate of drug-likeness (QED) is 0.903. The van der Waals surface area contributed by atoms with Crippen molar-refractivity contribution in [3.8, 4) is 5.75 Å². The SMILES string of the molecule is CCOc1ccc(CCN2CC[C@@H](N)C2)cc1F.Cl. The minimum absolute atomic E-state index is 0. The highest BCUT2D eigenvalue weighted by molar-refractivity contribution is 5.85. The zero-order valence-electron chi connectivity index (χ0n) is 11.3. The molecule has 1 aliphatic heterocycles. The van der Waals surface area contributed by atoms with Crippen LogP contribution in [0.2, 0.25) is 0 Å². The Morgan fingerprint density at radius 3 is 2.84 bits per heavy atom. The molecule has 1 aromatic rings. The van der Waals surface area contributed by atoms with Crippen molar-refractivity contribution in [3.63, 3.8) is 0 Å². The fraction of sp³-hybridized carbons (Fsp3) is 0.571. The van der Waals surface area contributed by atoms with Crippen LogP contribution in [0.4, 0.5) is 4.39 Å². The summed E-state index contributed by atoms with van der Waals surface area (Å²) in [6.45, 7) is 5.30. The van der Waals surface area contributed by atoms with Gasteiger partial charge in [-0.2, -0.15) is 0 Å². The maximum absolute atomic E-state index is 13.6. The van der Waals surface area contributed by atoms with Crippen LogP contribution in [0.1, 0.15) is 18.9 Å². The van der Waals surface area contributed by atoms with E-state index in [1.54, 1.807) is 12.1 Å². The van der Waals surface area contributed by atoms with Gasteiger partial charge >= 0.3 is 0 Å². The van der Waals surface area contributed by atoms with Crippen LogP contribution < -0.4 is 10.5 Å². The molecule has 3 nitrogen and oxygen atoms in total. The summed E-state index contributed by atoms with van der Waals surface area (Å²) in [6, 6.07) is 5.52. The van der Waals surface area contributed by atoms with Crippen molar-refractivity contribution >= 4 is 12.4 Å². The zero-order valence-corrected chi connectivity index (χ0v) is 12.1. The maximum atomic E-state index is 13.6. The van der Waals surface area contributed by atoms with Gasteiger partial charge in [0.25, 0.3) is 0 Å². The van der Waals surface area contributed by atoms with Crippen LogP contribution in [-0.2, 0) is 6.42 Å². The van der Waals surface area contributed by atoms with Crippen molar-refractivity contribution in [3.05, 3.63) is 29.6 Å². The molecule has 1 atom stereocenters. The Morgan fingerprint density at radius 1 is 1.47 bits per heavy atom. The van der Waals surface area contributed by atoms with E-state index in [-0.39, 0.29) is 18.2 Å². The number of hydrogen-bond donors (Lipinski definition) is 1. The lowest BCUT2D eigenvalue weighted by atomic mass is 10.1. The van der Waals surface area contributed by atoms with Gasteiger partial charge in [0.15, 0.2) is 11.6 Å². The number of nitrogens with two attached hydrogens (primary N) is 1. The Labute approximate surface area is 120 Å². The summed E-state index contributed by atoms with van der Waals surface area (Å²) < 4.78 is 18.8. The maximum Gasteiger partial charge on any atom is 0.165 e. The molecule has 1 fully saturated rings. The molecular formula is C14H22ClFN2O. The average Bonchev–Trinajstić information content (AvgIpc) is 2.76. The van der Waals surface area contributed by atoms with Crippen molar-refractivity contribution in [1.29, 1.82) is 0 Å². The molecule has 0 saturated carbocycles. The van der Waals surface area contributed by atoms with Crippen molar-refractivity contribution in [2.75, 3.05) is 26.2 Å². The van der Waals surface area contributed by atoms with Gasteiger partial charge in [-0.05, 0) is 44.0 Å². The van der Waals surface area contributed by atoms with Gasteiger partial charge in [0.2, 0.25) is 0 Å². The molecule has 0 aliphatic carbocycles. The first-order valence-electron chi connectivity index (χ1n) is 6.58. The Kier molecular flexibility index (Phi) is 6.55. The van der Waals surface area contributed by atoms with Crippen LogP contribution in [0.3, 0.4) is 0 Å². The number of nitrogens with zero attached hydrogens (tertiary/aromatic N) is 1. The molecule has 0 amide bonds. The standard InChI is InChI=1S/C14H21FN2O.ClH/c1-2-18-14-4-3-11(9-13(14)15)5-7-17-8-6-12(16)10-17;/h3-4,9,12H,2,5-8,10,16H2,1H3;1H/t12-;/m1./s1. The van der Waals surface area contributed by atoms with Crippen LogP contribution in [0.5, 0.6) is 5.75 Å². The van der Waals surface area contributed by atoms with Crippen molar-refractivity contribution in [2.45, 2.75) is 25.8 Å².